The lowest BCUT2D eigenvalue weighted by atomic mass is 10.0. The van der Waals surface area contributed by atoms with Gasteiger partial charge in [0.05, 0.1) is 6.26 Å². The molecule has 0 aliphatic rings. The van der Waals surface area contributed by atoms with Gasteiger partial charge in [0.15, 0.2) is 0 Å². The topological polar surface area (TPSA) is 54.4 Å². The number of benzene rings is 4. The van der Waals surface area contributed by atoms with Gasteiger partial charge in [-0.25, -0.2) is 0 Å². The maximum atomic E-state index is 9.19. The molecule has 4 rings (SSSR count). The van der Waals surface area contributed by atoms with Gasteiger partial charge in [-0.3, -0.25) is 4.55 Å². The summed E-state index contributed by atoms with van der Waals surface area (Å²) in [5.41, 5.74) is 3.16. The van der Waals surface area contributed by atoms with Crippen molar-refractivity contribution in [3.63, 3.8) is 0 Å². The maximum absolute atomic E-state index is 9.19. The van der Waals surface area contributed by atoms with Crippen LogP contribution in [-0.2, 0) is 10.1 Å². The molecule has 0 saturated carbocycles. The van der Waals surface area contributed by atoms with Crippen LogP contribution in [0.2, 0.25) is 0 Å². The second kappa shape index (κ2) is 13.3. The molecule has 0 aliphatic carbocycles. The van der Waals surface area contributed by atoms with Crippen molar-refractivity contribution in [1.29, 1.82) is 0 Å². The third-order valence-electron chi connectivity index (χ3n) is 4.82. The fourth-order valence-corrected chi connectivity index (χ4v) is 6.92. The van der Waals surface area contributed by atoms with Crippen molar-refractivity contribution in [1.82, 2.24) is 0 Å². The van der Waals surface area contributed by atoms with Crippen LogP contribution in [0.1, 0.15) is 16.8 Å². The summed E-state index contributed by atoms with van der Waals surface area (Å²) in [7, 11) is -3.46. The fraction of sp³-hybridized carbons (Fsp3) is 0.0714. The standard InChI is InChI=1S/C27H24P2.CH4O3S/c1-5-13-23(14-6-1)27(24-15-7-2-8-16-24)28-21-22-29(25-17-9-3-10-18-25)26-19-11-4-12-20-26;1-5(2,3)4/h1-22,27-28H;1H3,(H,2,3,4). The molecule has 6 heteroatoms. The van der Waals surface area contributed by atoms with Crippen LogP contribution in [0.5, 0.6) is 0 Å². The molecule has 0 amide bonds. The van der Waals surface area contributed by atoms with Crippen LogP contribution in [0.3, 0.4) is 0 Å². The molecule has 1 atom stereocenters. The highest BCUT2D eigenvalue weighted by Gasteiger charge is 2.14. The molecule has 174 valence electrons. The van der Waals surface area contributed by atoms with E-state index >= 15 is 0 Å². The average Bonchev–Trinajstić information content (AvgIpc) is 2.85. The van der Waals surface area contributed by atoms with Gasteiger partial charge in [-0.15, -0.1) is 0 Å². The Balaban J connectivity index is 0.000000588. The quantitative estimate of drug-likeness (QED) is 0.228. The summed E-state index contributed by atoms with van der Waals surface area (Å²) in [6.45, 7) is 0. The zero-order valence-corrected chi connectivity index (χ0v) is 21.6. The molecule has 0 aromatic heterocycles. The zero-order chi connectivity index (χ0) is 24.2. The Labute approximate surface area is 205 Å². The fourth-order valence-electron chi connectivity index (χ4n) is 3.39. The van der Waals surface area contributed by atoms with Gasteiger partial charge in [0.25, 0.3) is 10.1 Å². The van der Waals surface area contributed by atoms with Gasteiger partial charge in [-0.1, -0.05) is 142 Å². The van der Waals surface area contributed by atoms with Crippen molar-refractivity contribution in [2.24, 2.45) is 0 Å². The Kier molecular flexibility index (Phi) is 10.2. The number of hydrogen-bond acceptors (Lipinski definition) is 2. The van der Waals surface area contributed by atoms with Crippen LogP contribution in [0.15, 0.2) is 133 Å². The van der Waals surface area contributed by atoms with Crippen molar-refractivity contribution in [3.05, 3.63) is 144 Å². The number of hydrogen-bond donors (Lipinski definition) is 1. The van der Waals surface area contributed by atoms with Crippen LogP contribution >= 0.6 is 16.5 Å². The third kappa shape index (κ3) is 8.97. The van der Waals surface area contributed by atoms with E-state index in [1.807, 2.05) is 0 Å². The lowest BCUT2D eigenvalue weighted by Gasteiger charge is -2.18. The van der Waals surface area contributed by atoms with Gasteiger partial charge in [-0.05, 0) is 29.7 Å². The molecule has 0 spiro atoms. The lowest BCUT2D eigenvalue weighted by Crippen LogP contribution is -2.09. The van der Waals surface area contributed by atoms with Crippen molar-refractivity contribution in [3.8, 4) is 0 Å². The average molecular weight is 507 g/mol. The van der Waals surface area contributed by atoms with E-state index in [1.165, 1.54) is 21.7 Å². The van der Waals surface area contributed by atoms with Crippen molar-refractivity contribution in [2.75, 3.05) is 6.26 Å². The van der Waals surface area contributed by atoms with Gasteiger partial charge in [0.1, 0.15) is 0 Å². The highest BCUT2D eigenvalue weighted by atomic mass is 32.2. The Bertz CT molecular complexity index is 1160. The maximum Gasteiger partial charge on any atom is 0.261 e. The lowest BCUT2D eigenvalue weighted by molar-refractivity contribution is 0.490. The smallest absolute Gasteiger partial charge is 0.261 e. The molecule has 1 N–H and O–H groups in total. The van der Waals surface area contributed by atoms with Gasteiger partial charge < -0.3 is 0 Å². The second-order valence-electron chi connectivity index (χ2n) is 7.51. The minimum Gasteiger partial charge on any atom is -0.286 e. The van der Waals surface area contributed by atoms with Crippen LogP contribution in [-0.4, -0.2) is 19.2 Å². The van der Waals surface area contributed by atoms with E-state index in [0.29, 0.717) is 20.5 Å². The Hall–Kier alpha value is -2.61. The van der Waals surface area contributed by atoms with Crippen LogP contribution in [0.25, 0.3) is 0 Å². The van der Waals surface area contributed by atoms with Gasteiger partial charge >= 0.3 is 0 Å². The van der Waals surface area contributed by atoms with Crippen molar-refractivity contribution >= 4 is 37.2 Å². The summed E-state index contributed by atoms with van der Waals surface area (Å²) in [6, 6.07) is 43.5. The van der Waals surface area contributed by atoms with E-state index in [-0.39, 0.29) is 0 Å². The molecule has 4 aromatic carbocycles. The molecule has 4 aromatic rings. The molecular weight excluding hydrogens is 478 g/mol. The molecule has 3 nitrogen and oxygen atoms in total. The van der Waals surface area contributed by atoms with E-state index < -0.39 is 18.0 Å². The highest BCUT2D eigenvalue weighted by molar-refractivity contribution is 7.85. The summed E-state index contributed by atoms with van der Waals surface area (Å²) in [6.07, 6.45) is 0.715. The minimum absolute atomic E-state index is 0.400. The summed E-state index contributed by atoms with van der Waals surface area (Å²) < 4.78 is 25.9. The summed E-state index contributed by atoms with van der Waals surface area (Å²) in [5, 5.41) is 2.79. The van der Waals surface area contributed by atoms with Gasteiger partial charge in [-0.2, -0.15) is 8.42 Å². The Morgan fingerprint density at radius 2 is 1.00 bits per heavy atom. The molecule has 0 heterocycles. The third-order valence-corrected chi connectivity index (χ3v) is 8.62. The molecule has 0 fully saturated rings. The van der Waals surface area contributed by atoms with E-state index in [0.717, 1.165) is 0 Å². The first-order valence-electron chi connectivity index (χ1n) is 10.8. The predicted octanol–water partition coefficient (Wildman–Crippen LogP) is 6.56. The molecule has 1 unspecified atom stereocenters. The minimum atomic E-state index is -3.67. The monoisotopic (exact) mass is 506 g/mol. The van der Waals surface area contributed by atoms with E-state index in [2.05, 4.69) is 133 Å². The Morgan fingerprint density at radius 1 is 0.676 bits per heavy atom. The summed E-state index contributed by atoms with van der Waals surface area (Å²) >= 11 is 0. The normalized spacial score (nSPS) is 11.8. The molecule has 34 heavy (non-hydrogen) atoms. The first-order chi connectivity index (χ1) is 16.4. The summed E-state index contributed by atoms with van der Waals surface area (Å²) in [4.78, 5) is 0. The van der Waals surface area contributed by atoms with E-state index in [1.54, 1.807) is 0 Å². The van der Waals surface area contributed by atoms with Gasteiger partial charge in [0, 0.05) is 5.66 Å². The van der Waals surface area contributed by atoms with Gasteiger partial charge in [0.2, 0.25) is 0 Å². The SMILES string of the molecule is C(=CP(c1ccccc1)c1ccccc1)PC(c1ccccc1)c1ccccc1.CS(=O)(=O)O. The predicted molar refractivity (Wildman–Crippen MR) is 149 cm³/mol. The van der Waals surface area contributed by atoms with E-state index in [9.17, 15) is 8.42 Å². The van der Waals surface area contributed by atoms with Crippen molar-refractivity contribution < 1.29 is 13.0 Å². The van der Waals surface area contributed by atoms with Crippen molar-refractivity contribution in [2.45, 2.75) is 5.66 Å². The second-order valence-corrected chi connectivity index (χ2v) is 12.3. The first-order valence-corrected chi connectivity index (χ1v) is 15.2. The van der Waals surface area contributed by atoms with Crippen LogP contribution in [0.4, 0.5) is 0 Å². The molecule has 0 saturated heterocycles. The zero-order valence-electron chi connectivity index (χ0n) is 18.9. The first kappa shape index (κ1) is 26.0. The van der Waals surface area contributed by atoms with Crippen LogP contribution in [0, 0.1) is 0 Å². The largest absolute Gasteiger partial charge is 0.286 e. The van der Waals surface area contributed by atoms with Crippen LogP contribution < -0.4 is 10.6 Å². The molecular formula is C28H28O3P2S. The number of rotatable bonds is 7. The molecule has 0 bridgehead atoms. The highest BCUT2D eigenvalue weighted by Crippen LogP contribution is 2.44. The van der Waals surface area contributed by atoms with E-state index in [4.69, 9.17) is 4.55 Å². The molecule has 0 aliphatic heterocycles. The molecule has 0 radical (unpaired) electrons. The summed E-state index contributed by atoms with van der Waals surface area (Å²) in [5.74, 6) is 4.85. The Morgan fingerprint density at radius 3 is 1.35 bits per heavy atom.